The molecule has 1 rings (SSSR count). The summed E-state index contributed by atoms with van der Waals surface area (Å²) >= 11 is 0. The standard InChI is InChI=1S/C8H8N2.C2H6/c9-6-7-2-1-3-8(10)5-4-7;1-2/h1,3-5H,2,10H2;1-2H3. The summed E-state index contributed by atoms with van der Waals surface area (Å²) in [5.74, 6) is 0. The first-order valence-corrected chi connectivity index (χ1v) is 4.06. The number of allylic oxidation sites excluding steroid dienone is 5. The molecule has 0 fully saturated rings. The van der Waals surface area contributed by atoms with Crippen LogP contribution >= 0.6 is 0 Å². The molecule has 0 unspecified atom stereocenters. The van der Waals surface area contributed by atoms with E-state index in [2.05, 4.69) is 6.07 Å². The van der Waals surface area contributed by atoms with Gasteiger partial charge in [-0.3, -0.25) is 0 Å². The Morgan fingerprint density at radius 2 is 2.08 bits per heavy atom. The highest BCUT2D eigenvalue weighted by molar-refractivity contribution is 5.35. The molecule has 2 nitrogen and oxygen atoms in total. The quantitative estimate of drug-likeness (QED) is 0.594. The first-order chi connectivity index (χ1) is 5.83. The fourth-order valence-electron chi connectivity index (χ4n) is 0.725. The van der Waals surface area contributed by atoms with Crippen molar-refractivity contribution in [3.63, 3.8) is 0 Å². The van der Waals surface area contributed by atoms with Gasteiger partial charge < -0.3 is 5.73 Å². The maximum Gasteiger partial charge on any atom is 0.0950 e. The monoisotopic (exact) mass is 162 g/mol. The van der Waals surface area contributed by atoms with Crippen LogP contribution in [0.1, 0.15) is 20.3 Å². The zero-order valence-electron chi connectivity index (χ0n) is 7.54. The van der Waals surface area contributed by atoms with Crippen molar-refractivity contribution in [1.29, 1.82) is 5.26 Å². The molecule has 0 aromatic heterocycles. The zero-order valence-corrected chi connectivity index (χ0v) is 7.54. The SMILES string of the molecule is CC.N#CC1=CC=C(N)C=CC1. The fourth-order valence-corrected chi connectivity index (χ4v) is 0.725. The van der Waals surface area contributed by atoms with Gasteiger partial charge in [0.05, 0.1) is 6.07 Å². The van der Waals surface area contributed by atoms with E-state index in [1.54, 1.807) is 18.2 Å². The molecule has 12 heavy (non-hydrogen) atoms. The topological polar surface area (TPSA) is 49.8 Å². The molecule has 0 aliphatic heterocycles. The van der Waals surface area contributed by atoms with E-state index in [0.29, 0.717) is 12.1 Å². The van der Waals surface area contributed by atoms with Gasteiger partial charge in [-0.25, -0.2) is 0 Å². The molecule has 0 bridgehead atoms. The molecular formula is C10H14N2. The Kier molecular flexibility index (Phi) is 5.46. The molecule has 0 saturated carbocycles. The molecular weight excluding hydrogens is 148 g/mol. The Bertz CT molecular complexity index is 252. The molecule has 1 aliphatic rings. The molecule has 2 N–H and O–H groups in total. The smallest absolute Gasteiger partial charge is 0.0950 e. The van der Waals surface area contributed by atoms with Crippen LogP contribution in [0, 0.1) is 11.3 Å². The van der Waals surface area contributed by atoms with E-state index < -0.39 is 0 Å². The summed E-state index contributed by atoms with van der Waals surface area (Å²) in [4.78, 5) is 0. The van der Waals surface area contributed by atoms with Crippen LogP contribution in [-0.4, -0.2) is 0 Å². The van der Waals surface area contributed by atoms with Gasteiger partial charge in [-0.05, 0) is 18.2 Å². The van der Waals surface area contributed by atoms with E-state index in [1.165, 1.54) is 0 Å². The molecule has 0 saturated heterocycles. The lowest BCUT2D eigenvalue weighted by Gasteiger charge is -1.83. The Balaban J connectivity index is 0.000000561. The van der Waals surface area contributed by atoms with Crippen LogP contribution in [0.3, 0.4) is 0 Å². The van der Waals surface area contributed by atoms with Crippen LogP contribution in [0.5, 0.6) is 0 Å². The molecule has 1 aliphatic carbocycles. The van der Waals surface area contributed by atoms with Crippen LogP contribution in [-0.2, 0) is 0 Å². The van der Waals surface area contributed by atoms with E-state index in [-0.39, 0.29) is 0 Å². The second-order valence-corrected chi connectivity index (χ2v) is 2.08. The van der Waals surface area contributed by atoms with Crippen LogP contribution in [0.4, 0.5) is 0 Å². The normalized spacial score (nSPS) is 14.4. The van der Waals surface area contributed by atoms with Gasteiger partial charge >= 0.3 is 0 Å². The Morgan fingerprint density at radius 1 is 1.42 bits per heavy atom. The maximum absolute atomic E-state index is 8.48. The van der Waals surface area contributed by atoms with Crippen molar-refractivity contribution in [2.24, 2.45) is 5.73 Å². The van der Waals surface area contributed by atoms with Gasteiger partial charge in [0.2, 0.25) is 0 Å². The largest absolute Gasteiger partial charge is 0.399 e. The highest BCUT2D eigenvalue weighted by Gasteiger charge is 1.93. The van der Waals surface area contributed by atoms with Crippen molar-refractivity contribution < 1.29 is 0 Å². The number of nitrogens with zero attached hydrogens (tertiary/aromatic N) is 1. The van der Waals surface area contributed by atoms with Crippen LogP contribution < -0.4 is 5.73 Å². The third-order valence-electron chi connectivity index (χ3n) is 1.27. The first kappa shape index (κ1) is 10.5. The molecule has 2 heteroatoms. The van der Waals surface area contributed by atoms with E-state index in [1.807, 2.05) is 19.9 Å². The molecule has 0 spiro atoms. The van der Waals surface area contributed by atoms with Crippen molar-refractivity contribution >= 4 is 0 Å². The number of hydrogen-bond donors (Lipinski definition) is 1. The average Bonchev–Trinajstić information content (AvgIpc) is 2.33. The second-order valence-electron chi connectivity index (χ2n) is 2.08. The third kappa shape index (κ3) is 3.62. The fraction of sp³-hybridized carbons (Fsp3) is 0.300. The number of hydrogen-bond acceptors (Lipinski definition) is 2. The highest BCUT2D eigenvalue weighted by atomic mass is 14.5. The minimum atomic E-state index is 0.688. The van der Waals surface area contributed by atoms with Crippen LogP contribution in [0.15, 0.2) is 35.6 Å². The van der Waals surface area contributed by atoms with Gasteiger partial charge in [-0.1, -0.05) is 19.9 Å². The summed E-state index contributed by atoms with van der Waals surface area (Å²) in [7, 11) is 0. The third-order valence-corrected chi connectivity index (χ3v) is 1.27. The summed E-state index contributed by atoms with van der Waals surface area (Å²) in [6.07, 6.45) is 7.86. The van der Waals surface area contributed by atoms with E-state index in [4.69, 9.17) is 11.0 Å². The second kappa shape index (κ2) is 6.23. The number of nitriles is 1. The minimum absolute atomic E-state index is 0.688. The molecule has 0 atom stereocenters. The zero-order chi connectivity index (χ0) is 9.40. The van der Waals surface area contributed by atoms with E-state index in [0.717, 1.165) is 5.57 Å². The van der Waals surface area contributed by atoms with Gasteiger partial charge in [0, 0.05) is 17.7 Å². The van der Waals surface area contributed by atoms with Gasteiger partial charge in [-0.2, -0.15) is 5.26 Å². The van der Waals surface area contributed by atoms with Gasteiger partial charge in [0.25, 0.3) is 0 Å². The molecule has 64 valence electrons. The van der Waals surface area contributed by atoms with Gasteiger partial charge in [-0.15, -0.1) is 0 Å². The summed E-state index contributed by atoms with van der Waals surface area (Å²) in [6.45, 7) is 4.00. The van der Waals surface area contributed by atoms with Crippen molar-refractivity contribution in [2.75, 3.05) is 0 Å². The average molecular weight is 162 g/mol. The van der Waals surface area contributed by atoms with Crippen LogP contribution in [0.2, 0.25) is 0 Å². The molecule has 0 radical (unpaired) electrons. The number of rotatable bonds is 0. The van der Waals surface area contributed by atoms with Crippen molar-refractivity contribution in [1.82, 2.24) is 0 Å². The molecule has 0 aromatic carbocycles. The van der Waals surface area contributed by atoms with Crippen molar-refractivity contribution in [3.8, 4) is 6.07 Å². The highest BCUT2D eigenvalue weighted by Crippen LogP contribution is 2.06. The first-order valence-electron chi connectivity index (χ1n) is 4.06. The Morgan fingerprint density at radius 3 is 2.67 bits per heavy atom. The Labute approximate surface area is 73.7 Å². The lowest BCUT2D eigenvalue weighted by molar-refractivity contribution is 1.28. The van der Waals surface area contributed by atoms with Crippen molar-refractivity contribution in [3.05, 3.63) is 35.6 Å². The summed E-state index contributed by atoms with van der Waals surface area (Å²) in [6, 6.07) is 2.07. The molecule has 0 amide bonds. The maximum atomic E-state index is 8.48. The molecule has 0 heterocycles. The van der Waals surface area contributed by atoms with Crippen LogP contribution in [0.25, 0.3) is 0 Å². The summed E-state index contributed by atoms with van der Waals surface area (Å²) in [5, 5.41) is 8.48. The predicted octanol–water partition coefficient (Wildman–Crippen LogP) is 2.27. The van der Waals surface area contributed by atoms with Crippen molar-refractivity contribution in [2.45, 2.75) is 20.3 Å². The lowest BCUT2D eigenvalue weighted by Crippen LogP contribution is -1.89. The summed E-state index contributed by atoms with van der Waals surface area (Å²) in [5.41, 5.74) is 6.92. The summed E-state index contributed by atoms with van der Waals surface area (Å²) < 4.78 is 0. The van der Waals surface area contributed by atoms with E-state index >= 15 is 0 Å². The molecule has 0 aromatic rings. The van der Waals surface area contributed by atoms with E-state index in [9.17, 15) is 0 Å². The minimum Gasteiger partial charge on any atom is -0.399 e. The lowest BCUT2D eigenvalue weighted by atomic mass is 10.2. The number of nitrogens with two attached hydrogens (primary N) is 1. The predicted molar refractivity (Wildman–Crippen MR) is 51.1 cm³/mol. The Hall–Kier alpha value is -1.49. The van der Waals surface area contributed by atoms with Gasteiger partial charge in [0.1, 0.15) is 0 Å². The van der Waals surface area contributed by atoms with Gasteiger partial charge in [0.15, 0.2) is 0 Å².